The van der Waals surface area contributed by atoms with Crippen LogP contribution in [0.3, 0.4) is 0 Å². The number of carboxylic acids is 1. The molecule has 0 amide bonds. The van der Waals surface area contributed by atoms with Gasteiger partial charge < -0.3 is 10.1 Å². The highest BCUT2D eigenvalue weighted by molar-refractivity contribution is 7.98. The van der Waals surface area contributed by atoms with Gasteiger partial charge in [0, 0.05) is 18.2 Å². The molecule has 1 aromatic carbocycles. The summed E-state index contributed by atoms with van der Waals surface area (Å²) in [5.74, 6) is -0.368. The molecule has 0 saturated heterocycles. The fourth-order valence-corrected chi connectivity index (χ4v) is 1.96. The zero-order chi connectivity index (χ0) is 12.4. The number of aromatic nitrogens is 2. The van der Waals surface area contributed by atoms with Crippen molar-refractivity contribution in [3.8, 4) is 0 Å². The van der Waals surface area contributed by atoms with Crippen molar-refractivity contribution in [3.63, 3.8) is 0 Å². The zero-order valence-electron chi connectivity index (χ0n) is 9.16. The third-order valence-corrected chi connectivity index (χ3v) is 3.01. The molecule has 2 N–H and O–H groups in total. The number of halogens is 1. The molecule has 4 nitrogen and oxygen atoms in total. The van der Waals surface area contributed by atoms with E-state index in [-0.39, 0.29) is 5.56 Å². The molecule has 0 fully saturated rings. The molecular formula is C11H11FN2O2S. The Bertz CT molecular complexity index is 568. The van der Waals surface area contributed by atoms with Crippen molar-refractivity contribution in [2.75, 3.05) is 12.0 Å². The van der Waals surface area contributed by atoms with Crippen molar-refractivity contribution in [1.29, 1.82) is 0 Å². The Labute approximate surface area is 101 Å². The monoisotopic (exact) mass is 254 g/mol. The quantitative estimate of drug-likeness (QED) is 0.878. The number of H-pyrrole nitrogens is 1. The molecule has 0 aliphatic heterocycles. The number of aromatic amines is 1. The molecule has 2 aromatic rings. The van der Waals surface area contributed by atoms with Gasteiger partial charge in [0.1, 0.15) is 11.6 Å². The van der Waals surface area contributed by atoms with E-state index in [2.05, 4.69) is 9.97 Å². The molecule has 1 heterocycles. The molecule has 90 valence electrons. The molecule has 0 bridgehead atoms. The first-order valence-corrected chi connectivity index (χ1v) is 6.41. The van der Waals surface area contributed by atoms with E-state index in [0.29, 0.717) is 11.0 Å². The predicted octanol–water partition coefficient (Wildman–Crippen LogP) is 2.31. The lowest BCUT2D eigenvalue weighted by molar-refractivity contribution is 0.0692. The number of imidazole rings is 1. The Morgan fingerprint density at radius 3 is 3.00 bits per heavy atom. The average Bonchev–Trinajstić information content (AvgIpc) is 2.66. The van der Waals surface area contributed by atoms with E-state index in [0.717, 1.165) is 18.0 Å². The van der Waals surface area contributed by atoms with Gasteiger partial charge in [0.05, 0.1) is 16.6 Å². The molecule has 2 rings (SSSR count). The van der Waals surface area contributed by atoms with Crippen LogP contribution in [0.15, 0.2) is 12.1 Å². The van der Waals surface area contributed by atoms with Gasteiger partial charge in [-0.3, -0.25) is 0 Å². The number of hydrogen-bond donors (Lipinski definition) is 2. The SMILES string of the molecule is CSCCc1nc2cc(C(=O)O)c(F)cc2[nH]1. The first-order valence-electron chi connectivity index (χ1n) is 5.02. The summed E-state index contributed by atoms with van der Waals surface area (Å²) in [5.41, 5.74) is 0.670. The van der Waals surface area contributed by atoms with Gasteiger partial charge in [0.15, 0.2) is 0 Å². The van der Waals surface area contributed by atoms with E-state index in [1.165, 1.54) is 12.1 Å². The van der Waals surface area contributed by atoms with E-state index in [1.807, 2.05) is 6.26 Å². The fourth-order valence-electron chi connectivity index (χ4n) is 1.56. The van der Waals surface area contributed by atoms with Crippen LogP contribution in [-0.2, 0) is 6.42 Å². The summed E-state index contributed by atoms with van der Waals surface area (Å²) in [6.07, 6.45) is 2.74. The van der Waals surface area contributed by atoms with Crippen molar-refractivity contribution >= 4 is 28.8 Å². The van der Waals surface area contributed by atoms with Gasteiger partial charge in [0.2, 0.25) is 0 Å². The maximum Gasteiger partial charge on any atom is 0.338 e. The van der Waals surface area contributed by atoms with Gasteiger partial charge in [0.25, 0.3) is 0 Å². The average molecular weight is 254 g/mol. The molecule has 1 aromatic heterocycles. The largest absolute Gasteiger partial charge is 0.478 e. The fraction of sp³-hybridized carbons (Fsp3) is 0.273. The van der Waals surface area contributed by atoms with Gasteiger partial charge in [-0.15, -0.1) is 0 Å². The maximum absolute atomic E-state index is 13.4. The van der Waals surface area contributed by atoms with Crippen LogP contribution >= 0.6 is 11.8 Å². The molecule has 0 aliphatic rings. The number of fused-ring (bicyclic) bond motifs is 1. The van der Waals surface area contributed by atoms with Gasteiger partial charge in [-0.05, 0) is 12.3 Å². The predicted molar refractivity (Wildman–Crippen MR) is 65.1 cm³/mol. The summed E-state index contributed by atoms with van der Waals surface area (Å²) in [6, 6.07) is 2.43. The second-order valence-corrected chi connectivity index (χ2v) is 4.57. The molecule has 0 aliphatic carbocycles. The lowest BCUT2D eigenvalue weighted by Crippen LogP contribution is -1.99. The Morgan fingerprint density at radius 1 is 1.59 bits per heavy atom. The number of thioether (sulfide) groups is 1. The second-order valence-electron chi connectivity index (χ2n) is 3.58. The minimum Gasteiger partial charge on any atom is -0.478 e. The smallest absolute Gasteiger partial charge is 0.338 e. The lowest BCUT2D eigenvalue weighted by atomic mass is 10.2. The van der Waals surface area contributed by atoms with Crippen LogP contribution in [0.4, 0.5) is 4.39 Å². The summed E-state index contributed by atoms with van der Waals surface area (Å²) in [6.45, 7) is 0. The van der Waals surface area contributed by atoms with E-state index in [1.54, 1.807) is 11.8 Å². The van der Waals surface area contributed by atoms with E-state index >= 15 is 0 Å². The standard InChI is InChI=1S/C11H11FN2O2S/c1-17-3-2-10-13-8-4-6(11(15)16)7(12)5-9(8)14-10/h4-5H,2-3H2,1H3,(H,13,14)(H,15,16). The summed E-state index contributed by atoms with van der Waals surface area (Å²) < 4.78 is 13.4. The molecule has 0 radical (unpaired) electrons. The first-order chi connectivity index (χ1) is 8.11. The number of carbonyl (C=O) groups is 1. The lowest BCUT2D eigenvalue weighted by Gasteiger charge is -1.95. The van der Waals surface area contributed by atoms with Gasteiger partial charge in [-0.2, -0.15) is 11.8 Å². The van der Waals surface area contributed by atoms with E-state index in [9.17, 15) is 9.18 Å². The molecule has 0 saturated carbocycles. The van der Waals surface area contributed by atoms with E-state index in [4.69, 9.17) is 5.11 Å². The zero-order valence-corrected chi connectivity index (χ0v) is 9.97. The van der Waals surface area contributed by atoms with Gasteiger partial charge in [-0.25, -0.2) is 14.2 Å². The van der Waals surface area contributed by atoms with Crippen LogP contribution in [0.2, 0.25) is 0 Å². The summed E-state index contributed by atoms with van der Waals surface area (Å²) in [4.78, 5) is 18.0. The molecule has 0 spiro atoms. The van der Waals surface area contributed by atoms with Crippen molar-refractivity contribution < 1.29 is 14.3 Å². The van der Waals surface area contributed by atoms with Crippen LogP contribution in [0, 0.1) is 5.82 Å². The van der Waals surface area contributed by atoms with Crippen LogP contribution in [0.5, 0.6) is 0 Å². The Balaban J connectivity index is 2.43. The number of benzene rings is 1. The van der Waals surface area contributed by atoms with Crippen molar-refractivity contribution in [2.45, 2.75) is 6.42 Å². The number of carboxylic acid groups (broad SMARTS) is 1. The topological polar surface area (TPSA) is 66.0 Å². The van der Waals surface area contributed by atoms with Gasteiger partial charge in [-0.1, -0.05) is 0 Å². The van der Waals surface area contributed by atoms with Crippen molar-refractivity contribution in [2.24, 2.45) is 0 Å². The number of aryl methyl sites for hydroxylation is 1. The number of aromatic carboxylic acids is 1. The Hall–Kier alpha value is -1.56. The Kier molecular flexibility index (Phi) is 3.33. The number of hydrogen-bond acceptors (Lipinski definition) is 3. The highest BCUT2D eigenvalue weighted by Gasteiger charge is 2.13. The Morgan fingerprint density at radius 2 is 2.35 bits per heavy atom. The summed E-state index contributed by atoms with van der Waals surface area (Å²) in [7, 11) is 0. The van der Waals surface area contributed by atoms with Crippen LogP contribution in [-0.4, -0.2) is 33.1 Å². The number of nitrogens with zero attached hydrogens (tertiary/aromatic N) is 1. The second kappa shape index (κ2) is 4.75. The highest BCUT2D eigenvalue weighted by atomic mass is 32.2. The molecule has 17 heavy (non-hydrogen) atoms. The number of rotatable bonds is 4. The normalized spacial score (nSPS) is 10.9. The first kappa shape index (κ1) is 11.9. The van der Waals surface area contributed by atoms with Gasteiger partial charge >= 0.3 is 5.97 Å². The van der Waals surface area contributed by atoms with Crippen LogP contribution in [0.1, 0.15) is 16.2 Å². The molecule has 6 heteroatoms. The molecule has 0 unspecified atom stereocenters. The third kappa shape index (κ3) is 2.41. The van der Waals surface area contributed by atoms with Crippen molar-refractivity contribution in [3.05, 3.63) is 29.3 Å². The highest BCUT2D eigenvalue weighted by Crippen LogP contribution is 2.18. The minimum absolute atomic E-state index is 0.347. The molecular weight excluding hydrogens is 243 g/mol. The van der Waals surface area contributed by atoms with Crippen molar-refractivity contribution in [1.82, 2.24) is 9.97 Å². The van der Waals surface area contributed by atoms with E-state index < -0.39 is 11.8 Å². The maximum atomic E-state index is 13.4. The minimum atomic E-state index is -1.28. The number of nitrogens with one attached hydrogen (secondary N) is 1. The third-order valence-electron chi connectivity index (χ3n) is 2.39. The summed E-state index contributed by atoms with van der Waals surface area (Å²) in [5, 5.41) is 8.79. The van der Waals surface area contributed by atoms with Crippen LogP contribution < -0.4 is 0 Å². The molecule has 0 atom stereocenters. The summed E-state index contributed by atoms with van der Waals surface area (Å²) >= 11 is 1.69. The van der Waals surface area contributed by atoms with Crippen LogP contribution in [0.25, 0.3) is 11.0 Å².